The number of nitrogens with zero attached hydrogens (tertiary/aromatic N) is 1. The second-order valence-corrected chi connectivity index (χ2v) is 1.78. The standard InChI is InChI=1S/C7H7NO/c1-8-6-3-4-7(5-6)9-2/h3-4H,5H2,2H3. The Morgan fingerprint density at radius 1 is 1.67 bits per heavy atom. The Morgan fingerprint density at radius 2 is 2.44 bits per heavy atom. The van der Waals surface area contributed by atoms with Gasteiger partial charge in [-0.1, -0.05) is 6.08 Å². The van der Waals surface area contributed by atoms with E-state index in [9.17, 15) is 0 Å². The minimum Gasteiger partial charge on any atom is -0.502 e. The van der Waals surface area contributed by atoms with Crippen LogP contribution in [-0.4, -0.2) is 7.11 Å². The lowest BCUT2D eigenvalue weighted by atomic mass is 10.4. The van der Waals surface area contributed by atoms with Crippen LogP contribution in [0.2, 0.25) is 0 Å². The second kappa shape index (κ2) is 2.36. The predicted molar refractivity (Wildman–Crippen MR) is 34.4 cm³/mol. The quantitative estimate of drug-likeness (QED) is 0.481. The molecule has 0 radical (unpaired) electrons. The lowest BCUT2D eigenvalue weighted by molar-refractivity contribution is 0.286. The summed E-state index contributed by atoms with van der Waals surface area (Å²) in [5.74, 6) is 0.876. The first-order chi connectivity index (χ1) is 4.36. The third kappa shape index (κ3) is 1.11. The van der Waals surface area contributed by atoms with Gasteiger partial charge in [0, 0.05) is 6.42 Å². The van der Waals surface area contributed by atoms with Crippen LogP contribution in [0.1, 0.15) is 6.42 Å². The molecule has 1 aliphatic carbocycles. The average Bonchev–Trinajstić information content (AvgIpc) is 2.34. The first-order valence-corrected chi connectivity index (χ1v) is 2.68. The fraction of sp³-hybridized carbons (Fsp3) is 0.286. The molecule has 0 heterocycles. The molecule has 0 aromatic rings. The number of rotatable bonds is 1. The van der Waals surface area contributed by atoms with Gasteiger partial charge in [-0.25, -0.2) is 4.85 Å². The molecule has 0 unspecified atom stereocenters. The Labute approximate surface area is 54.3 Å². The molecule has 0 aliphatic heterocycles. The van der Waals surface area contributed by atoms with Crippen LogP contribution < -0.4 is 0 Å². The molecule has 46 valence electrons. The van der Waals surface area contributed by atoms with Gasteiger partial charge in [-0.15, -0.1) is 0 Å². The largest absolute Gasteiger partial charge is 0.502 e. The summed E-state index contributed by atoms with van der Waals surface area (Å²) in [6, 6.07) is 0. The van der Waals surface area contributed by atoms with Crippen LogP contribution in [0.3, 0.4) is 0 Å². The third-order valence-electron chi connectivity index (χ3n) is 1.22. The molecule has 1 aliphatic rings. The zero-order valence-corrected chi connectivity index (χ0v) is 5.22. The molecule has 0 spiro atoms. The van der Waals surface area contributed by atoms with Gasteiger partial charge >= 0.3 is 0 Å². The minimum absolute atomic E-state index is 0.667. The van der Waals surface area contributed by atoms with Crippen LogP contribution in [0.15, 0.2) is 23.6 Å². The van der Waals surface area contributed by atoms with Crippen molar-refractivity contribution >= 4 is 0 Å². The summed E-state index contributed by atoms with van der Waals surface area (Å²) in [6.07, 6.45) is 4.28. The Hall–Kier alpha value is -1.23. The van der Waals surface area contributed by atoms with Gasteiger partial charge in [0.1, 0.15) is 0 Å². The summed E-state index contributed by atoms with van der Waals surface area (Å²) >= 11 is 0. The van der Waals surface area contributed by atoms with Crippen LogP contribution in [0.4, 0.5) is 0 Å². The SMILES string of the molecule is [C-]#[N+]C1=CC=C(OC)C1. The van der Waals surface area contributed by atoms with E-state index in [2.05, 4.69) is 4.85 Å². The lowest BCUT2D eigenvalue weighted by Gasteiger charge is -1.96. The van der Waals surface area contributed by atoms with E-state index in [0.29, 0.717) is 6.42 Å². The summed E-state index contributed by atoms with van der Waals surface area (Å²) in [5.41, 5.74) is 0.756. The molecule has 0 bridgehead atoms. The topological polar surface area (TPSA) is 13.6 Å². The molecule has 0 atom stereocenters. The highest BCUT2D eigenvalue weighted by atomic mass is 16.5. The third-order valence-corrected chi connectivity index (χ3v) is 1.22. The molecule has 0 aromatic carbocycles. The summed E-state index contributed by atoms with van der Waals surface area (Å²) in [6.45, 7) is 6.63. The van der Waals surface area contributed by atoms with E-state index < -0.39 is 0 Å². The highest BCUT2D eigenvalue weighted by Gasteiger charge is 2.06. The van der Waals surface area contributed by atoms with Crippen molar-refractivity contribution in [2.45, 2.75) is 6.42 Å². The van der Waals surface area contributed by atoms with Crippen LogP contribution in [0.25, 0.3) is 4.85 Å². The fourth-order valence-corrected chi connectivity index (χ4v) is 0.703. The molecule has 1 rings (SSSR count). The fourth-order valence-electron chi connectivity index (χ4n) is 0.703. The molecule has 2 heteroatoms. The Morgan fingerprint density at radius 3 is 2.78 bits per heavy atom. The molecule has 0 aromatic heterocycles. The van der Waals surface area contributed by atoms with E-state index in [1.165, 1.54) is 0 Å². The van der Waals surface area contributed by atoms with Gasteiger partial charge in [0.15, 0.2) is 5.70 Å². The second-order valence-electron chi connectivity index (χ2n) is 1.78. The minimum atomic E-state index is 0.667. The van der Waals surface area contributed by atoms with E-state index in [4.69, 9.17) is 11.3 Å². The van der Waals surface area contributed by atoms with Crippen molar-refractivity contribution in [1.29, 1.82) is 0 Å². The van der Waals surface area contributed by atoms with Gasteiger partial charge in [0.05, 0.1) is 19.4 Å². The highest BCUT2D eigenvalue weighted by Crippen LogP contribution is 2.19. The van der Waals surface area contributed by atoms with Crippen LogP contribution >= 0.6 is 0 Å². The maximum atomic E-state index is 6.63. The van der Waals surface area contributed by atoms with Gasteiger partial charge in [-0.05, 0) is 6.08 Å². The van der Waals surface area contributed by atoms with E-state index in [0.717, 1.165) is 11.5 Å². The van der Waals surface area contributed by atoms with Crippen LogP contribution in [0.5, 0.6) is 0 Å². The van der Waals surface area contributed by atoms with Crippen molar-refractivity contribution in [1.82, 2.24) is 0 Å². The van der Waals surface area contributed by atoms with Crippen molar-refractivity contribution in [3.05, 3.63) is 35.0 Å². The molecular weight excluding hydrogens is 114 g/mol. The normalized spacial score (nSPS) is 16.0. The van der Waals surface area contributed by atoms with Crippen molar-refractivity contribution in [3.8, 4) is 0 Å². The molecular formula is C7H7NO. The molecule has 0 saturated carbocycles. The Balaban J connectivity index is 2.55. The smallest absolute Gasteiger partial charge is 0.173 e. The number of methoxy groups -OCH3 is 1. The monoisotopic (exact) mass is 121 g/mol. The maximum Gasteiger partial charge on any atom is 0.173 e. The van der Waals surface area contributed by atoms with Gasteiger partial charge in [-0.2, -0.15) is 0 Å². The molecule has 2 nitrogen and oxygen atoms in total. The van der Waals surface area contributed by atoms with E-state index in [1.807, 2.05) is 6.08 Å². The highest BCUT2D eigenvalue weighted by molar-refractivity contribution is 5.30. The first-order valence-electron chi connectivity index (χ1n) is 2.68. The number of allylic oxidation sites excluding steroid dienone is 2. The number of hydrogen-bond acceptors (Lipinski definition) is 1. The Kier molecular flexibility index (Phi) is 1.55. The number of ether oxygens (including phenoxy) is 1. The molecule has 0 fully saturated rings. The van der Waals surface area contributed by atoms with Crippen molar-refractivity contribution in [2.75, 3.05) is 7.11 Å². The van der Waals surface area contributed by atoms with Gasteiger partial charge in [-0.3, -0.25) is 0 Å². The average molecular weight is 121 g/mol. The van der Waals surface area contributed by atoms with Crippen molar-refractivity contribution < 1.29 is 4.74 Å². The summed E-state index contributed by atoms with van der Waals surface area (Å²) in [7, 11) is 1.62. The molecule has 0 saturated heterocycles. The van der Waals surface area contributed by atoms with Gasteiger partial charge in [0.2, 0.25) is 0 Å². The molecule has 9 heavy (non-hydrogen) atoms. The first kappa shape index (κ1) is 5.90. The number of hydrogen-bond donors (Lipinski definition) is 0. The van der Waals surface area contributed by atoms with Gasteiger partial charge < -0.3 is 4.74 Å². The van der Waals surface area contributed by atoms with Gasteiger partial charge in [0.25, 0.3) is 0 Å². The molecule has 0 N–H and O–H groups in total. The van der Waals surface area contributed by atoms with E-state index >= 15 is 0 Å². The van der Waals surface area contributed by atoms with E-state index in [-0.39, 0.29) is 0 Å². The van der Waals surface area contributed by atoms with Crippen molar-refractivity contribution in [2.24, 2.45) is 0 Å². The zero-order valence-electron chi connectivity index (χ0n) is 5.22. The summed E-state index contributed by atoms with van der Waals surface area (Å²) in [4.78, 5) is 3.26. The Bertz CT molecular complexity index is 207. The zero-order chi connectivity index (χ0) is 6.69. The summed E-state index contributed by atoms with van der Waals surface area (Å²) < 4.78 is 4.91. The molecule has 0 amide bonds. The van der Waals surface area contributed by atoms with Crippen LogP contribution in [-0.2, 0) is 4.74 Å². The van der Waals surface area contributed by atoms with E-state index in [1.54, 1.807) is 13.2 Å². The van der Waals surface area contributed by atoms with Crippen LogP contribution in [0, 0.1) is 6.57 Å². The van der Waals surface area contributed by atoms with Crippen molar-refractivity contribution in [3.63, 3.8) is 0 Å². The summed E-state index contributed by atoms with van der Waals surface area (Å²) in [5, 5.41) is 0. The predicted octanol–water partition coefficient (Wildman–Crippen LogP) is 1.72. The maximum absolute atomic E-state index is 6.63. The lowest BCUT2D eigenvalue weighted by Crippen LogP contribution is -1.80.